The van der Waals surface area contributed by atoms with Crippen molar-refractivity contribution >= 4 is 26.7 Å². The molecule has 2 atom stereocenters. The molecular formula is C12H15BrF3NOS. The van der Waals surface area contributed by atoms with E-state index in [0.717, 1.165) is 0 Å². The van der Waals surface area contributed by atoms with Crippen molar-refractivity contribution in [2.75, 3.05) is 5.75 Å². The molecule has 0 radical (unpaired) electrons. The molecular weight excluding hydrogens is 343 g/mol. The molecule has 0 amide bonds. The first-order chi connectivity index (χ1) is 8.51. The Morgan fingerprint density at radius 2 is 1.89 bits per heavy atom. The van der Waals surface area contributed by atoms with E-state index < -0.39 is 33.4 Å². The highest BCUT2D eigenvalue weighted by atomic mass is 79.9. The molecule has 0 aliphatic heterocycles. The van der Waals surface area contributed by atoms with Gasteiger partial charge in [-0.15, -0.1) is 0 Å². The number of alkyl halides is 3. The number of rotatable bonds is 3. The molecule has 0 bridgehead atoms. The van der Waals surface area contributed by atoms with Crippen LogP contribution in [0.15, 0.2) is 22.9 Å². The summed E-state index contributed by atoms with van der Waals surface area (Å²) in [4.78, 5) is 3.74. The Labute approximate surface area is 121 Å². The molecule has 0 spiro atoms. The Balaban J connectivity index is 3.08. The second kappa shape index (κ2) is 5.91. The summed E-state index contributed by atoms with van der Waals surface area (Å²) in [6.45, 7) is 4.99. The molecule has 0 saturated carbocycles. The fraction of sp³-hybridized carbons (Fsp3) is 0.583. The summed E-state index contributed by atoms with van der Waals surface area (Å²) in [5.41, 5.74) is 0.0273. The maximum Gasteiger partial charge on any atom is 0.396 e. The van der Waals surface area contributed by atoms with E-state index in [9.17, 15) is 17.4 Å². The van der Waals surface area contributed by atoms with Crippen molar-refractivity contribution in [3.8, 4) is 0 Å². The van der Waals surface area contributed by atoms with Crippen molar-refractivity contribution in [1.29, 1.82) is 0 Å². The number of pyridine rings is 1. The van der Waals surface area contributed by atoms with Crippen LogP contribution in [0, 0.1) is 0 Å². The number of aromatic nitrogens is 1. The van der Waals surface area contributed by atoms with Gasteiger partial charge in [-0.05, 0) is 48.3 Å². The largest absolute Gasteiger partial charge is 0.396 e. The van der Waals surface area contributed by atoms with Crippen molar-refractivity contribution < 1.29 is 17.4 Å². The van der Waals surface area contributed by atoms with Gasteiger partial charge in [-0.3, -0.25) is 9.19 Å². The summed E-state index contributed by atoms with van der Waals surface area (Å²) >= 11 is 3.10. The summed E-state index contributed by atoms with van der Waals surface area (Å²) in [6.07, 6.45) is -1.86. The summed E-state index contributed by atoms with van der Waals surface area (Å²) < 4.78 is 51.1. The Kier molecular flexibility index (Phi) is 5.17. The zero-order chi connectivity index (χ0) is 14.8. The molecule has 0 aliphatic carbocycles. The lowest BCUT2D eigenvalue weighted by Crippen LogP contribution is -2.32. The van der Waals surface area contributed by atoms with Gasteiger partial charge in [0.05, 0.1) is 5.92 Å². The Morgan fingerprint density at radius 1 is 1.32 bits per heavy atom. The molecule has 0 fully saturated rings. The van der Waals surface area contributed by atoms with E-state index >= 15 is 0 Å². The molecule has 0 aliphatic rings. The average Bonchev–Trinajstić information content (AvgIpc) is 2.22. The number of halogens is 4. The summed E-state index contributed by atoms with van der Waals surface area (Å²) in [5, 5.41) is 0. The van der Waals surface area contributed by atoms with Gasteiger partial charge in [0.25, 0.3) is 0 Å². The van der Waals surface area contributed by atoms with Crippen molar-refractivity contribution in [3.63, 3.8) is 0 Å². The molecule has 1 heterocycles. The zero-order valence-electron chi connectivity index (χ0n) is 10.8. The van der Waals surface area contributed by atoms with Crippen LogP contribution in [0.5, 0.6) is 0 Å². The standard InChI is InChI=1S/C12H15BrF3NOS/c1-11(2,3)19(18)7-10(12(14,15)16)8-4-9(13)6-17-5-8/h4-6,10H,7H2,1-3H3. The fourth-order valence-corrected chi connectivity index (χ4v) is 2.97. The molecule has 2 nitrogen and oxygen atoms in total. The van der Waals surface area contributed by atoms with E-state index in [0.29, 0.717) is 4.47 Å². The van der Waals surface area contributed by atoms with E-state index in [1.807, 2.05) is 0 Å². The minimum Gasteiger partial charge on any atom is -0.263 e. The average molecular weight is 358 g/mol. The van der Waals surface area contributed by atoms with Gasteiger partial charge in [-0.1, -0.05) is 0 Å². The highest BCUT2D eigenvalue weighted by molar-refractivity contribution is 9.10. The lowest BCUT2D eigenvalue weighted by molar-refractivity contribution is -0.145. The second-order valence-corrected chi connectivity index (χ2v) is 8.32. The monoisotopic (exact) mass is 357 g/mol. The van der Waals surface area contributed by atoms with Gasteiger partial charge in [0, 0.05) is 38.2 Å². The molecule has 0 saturated heterocycles. The Morgan fingerprint density at radius 3 is 2.32 bits per heavy atom. The van der Waals surface area contributed by atoms with Gasteiger partial charge < -0.3 is 0 Å². The topological polar surface area (TPSA) is 30.0 Å². The predicted molar refractivity (Wildman–Crippen MR) is 73.5 cm³/mol. The van der Waals surface area contributed by atoms with Crippen LogP contribution in [-0.2, 0) is 10.8 Å². The van der Waals surface area contributed by atoms with Gasteiger partial charge >= 0.3 is 6.18 Å². The third-order valence-electron chi connectivity index (χ3n) is 2.52. The molecule has 2 unspecified atom stereocenters. The minimum absolute atomic E-state index is 0.0273. The minimum atomic E-state index is -4.44. The van der Waals surface area contributed by atoms with Gasteiger partial charge in [0.1, 0.15) is 0 Å². The summed E-state index contributed by atoms with van der Waals surface area (Å²) in [6, 6.07) is 1.37. The maximum atomic E-state index is 13.1. The molecule has 1 rings (SSSR count). The van der Waals surface area contributed by atoms with Crippen LogP contribution in [0.1, 0.15) is 32.3 Å². The second-order valence-electron chi connectivity index (χ2n) is 5.16. The molecule has 1 aromatic heterocycles. The fourth-order valence-electron chi connectivity index (χ4n) is 1.40. The normalized spacial score (nSPS) is 16.2. The summed E-state index contributed by atoms with van der Waals surface area (Å²) in [7, 11) is -1.58. The lowest BCUT2D eigenvalue weighted by Gasteiger charge is -2.25. The van der Waals surface area contributed by atoms with Gasteiger partial charge in [-0.25, -0.2) is 0 Å². The van der Waals surface area contributed by atoms with Crippen molar-refractivity contribution in [2.24, 2.45) is 0 Å². The van der Waals surface area contributed by atoms with Crippen molar-refractivity contribution in [1.82, 2.24) is 4.98 Å². The van der Waals surface area contributed by atoms with Gasteiger partial charge in [0.15, 0.2) is 0 Å². The maximum absolute atomic E-state index is 13.1. The van der Waals surface area contributed by atoms with E-state index in [1.54, 1.807) is 20.8 Å². The van der Waals surface area contributed by atoms with Crippen LogP contribution < -0.4 is 0 Å². The van der Waals surface area contributed by atoms with E-state index in [4.69, 9.17) is 0 Å². The molecule has 7 heteroatoms. The van der Waals surface area contributed by atoms with Crippen LogP contribution in [0.2, 0.25) is 0 Å². The van der Waals surface area contributed by atoms with Crippen molar-refractivity contribution in [3.05, 3.63) is 28.5 Å². The first-order valence-electron chi connectivity index (χ1n) is 5.57. The van der Waals surface area contributed by atoms with Crippen LogP contribution in [0.4, 0.5) is 13.2 Å². The first-order valence-corrected chi connectivity index (χ1v) is 7.68. The molecule has 0 aromatic carbocycles. The van der Waals surface area contributed by atoms with E-state index in [-0.39, 0.29) is 5.56 Å². The van der Waals surface area contributed by atoms with Crippen LogP contribution in [-0.4, -0.2) is 25.9 Å². The Bertz CT molecular complexity index is 471. The van der Waals surface area contributed by atoms with Crippen molar-refractivity contribution in [2.45, 2.75) is 37.6 Å². The zero-order valence-corrected chi connectivity index (χ0v) is 13.2. The third-order valence-corrected chi connectivity index (χ3v) is 4.96. The van der Waals surface area contributed by atoms with Gasteiger partial charge in [-0.2, -0.15) is 13.2 Å². The quantitative estimate of drug-likeness (QED) is 0.817. The number of hydrogen-bond acceptors (Lipinski definition) is 2. The first kappa shape index (κ1) is 16.6. The smallest absolute Gasteiger partial charge is 0.263 e. The number of nitrogens with zero attached hydrogens (tertiary/aromatic N) is 1. The van der Waals surface area contributed by atoms with Gasteiger partial charge in [0.2, 0.25) is 0 Å². The van der Waals surface area contributed by atoms with E-state index in [2.05, 4.69) is 20.9 Å². The van der Waals surface area contributed by atoms with Crippen LogP contribution >= 0.6 is 15.9 Å². The Hall–Kier alpha value is -0.430. The third kappa shape index (κ3) is 4.87. The highest BCUT2D eigenvalue weighted by Crippen LogP contribution is 2.37. The van der Waals surface area contributed by atoms with E-state index in [1.165, 1.54) is 18.5 Å². The number of hydrogen-bond donors (Lipinski definition) is 0. The summed E-state index contributed by atoms with van der Waals surface area (Å²) in [5.74, 6) is -2.22. The molecule has 19 heavy (non-hydrogen) atoms. The van der Waals surface area contributed by atoms with Crippen LogP contribution in [0.3, 0.4) is 0 Å². The van der Waals surface area contributed by atoms with Crippen LogP contribution in [0.25, 0.3) is 0 Å². The molecule has 1 aromatic rings. The lowest BCUT2D eigenvalue weighted by atomic mass is 10.0. The molecule has 108 valence electrons. The highest BCUT2D eigenvalue weighted by Gasteiger charge is 2.43. The molecule has 0 N–H and O–H groups in total. The predicted octanol–water partition coefficient (Wildman–Crippen LogP) is 4.04. The SMILES string of the molecule is CC(C)(C)S(=O)CC(c1cncc(Br)c1)C(F)(F)F.